The third kappa shape index (κ3) is 2.78. The highest BCUT2D eigenvalue weighted by Gasteiger charge is 2.05. The van der Waals surface area contributed by atoms with E-state index in [4.69, 9.17) is 0 Å². The lowest BCUT2D eigenvalue weighted by Crippen LogP contribution is -1.86. The van der Waals surface area contributed by atoms with E-state index in [1.165, 1.54) is 26.4 Å². The van der Waals surface area contributed by atoms with Gasteiger partial charge in [0.25, 0.3) is 0 Å². The number of thiol groups is 1. The van der Waals surface area contributed by atoms with Gasteiger partial charge in [0.05, 0.1) is 0 Å². The van der Waals surface area contributed by atoms with Crippen molar-refractivity contribution in [1.82, 2.24) is 0 Å². The molecule has 0 bridgehead atoms. The van der Waals surface area contributed by atoms with E-state index in [-0.39, 0.29) is 0 Å². The maximum Gasteiger partial charge on any atom is 0.0419 e. The molecule has 0 saturated heterocycles. The summed E-state index contributed by atoms with van der Waals surface area (Å²) in [6, 6.07) is 4.21. The van der Waals surface area contributed by atoms with E-state index in [1.54, 1.807) is 0 Å². The average molecular weight is 520 g/mol. The number of halogens is 3. The molecule has 0 aromatic heterocycles. The molecular formula is C6H3I3S2. The van der Waals surface area contributed by atoms with E-state index in [0.29, 0.717) is 0 Å². The molecule has 1 aromatic rings. The molecule has 0 amide bonds. The van der Waals surface area contributed by atoms with Gasteiger partial charge in [-0.2, -0.15) is 0 Å². The van der Waals surface area contributed by atoms with Crippen molar-refractivity contribution >= 4 is 90.2 Å². The fraction of sp³-hybridized carbons (Fsp3) is 0. The van der Waals surface area contributed by atoms with E-state index >= 15 is 0 Å². The van der Waals surface area contributed by atoms with Crippen molar-refractivity contribution in [2.75, 3.05) is 0 Å². The van der Waals surface area contributed by atoms with Gasteiger partial charge in [0.2, 0.25) is 0 Å². The van der Waals surface area contributed by atoms with E-state index in [2.05, 4.69) is 91.6 Å². The molecule has 0 atom stereocenters. The number of benzene rings is 1. The molecule has 1 rings (SSSR count). The van der Waals surface area contributed by atoms with Crippen LogP contribution in [0.25, 0.3) is 0 Å². The van der Waals surface area contributed by atoms with Gasteiger partial charge in [-0.05, 0) is 79.9 Å². The Kier molecular flexibility index (Phi) is 5.19. The first-order valence-corrected chi connectivity index (χ1v) is 7.72. The smallest absolute Gasteiger partial charge is 0.0419 e. The predicted octanol–water partition coefficient (Wildman–Crippen LogP) is 4.44. The Morgan fingerprint density at radius 2 is 1.73 bits per heavy atom. The molecule has 1 aromatic carbocycles. The molecule has 0 nitrogen and oxygen atoms in total. The number of rotatable bonds is 1. The van der Waals surface area contributed by atoms with Crippen molar-refractivity contribution in [2.24, 2.45) is 0 Å². The molecule has 60 valence electrons. The van der Waals surface area contributed by atoms with Crippen LogP contribution in [0.2, 0.25) is 0 Å². The lowest BCUT2D eigenvalue weighted by Gasteiger charge is -2.03. The quantitative estimate of drug-likeness (QED) is 0.248. The van der Waals surface area contributed by atoms with Crippen LogP contribution in [0.5, 0.6) is 0 Å². The van der Waals surface area contributed by atoms with Crippen molar-refractivity contribution in [1.29, 1.82) is 0 Å². The minimum absolute atomic E-state index is 1.23. The minimum atomic E-state index is 1.23. The van der Waals surface area contributed by atoms with Crippen LogP contribution in [-0.4, -0.2) is 0 Å². The van der Waals surface area contributed by atoms with Gasteiger partial charge in [-0.25, -0.2) is 0 Å². The lowest BCUT2D eigenvalue weighted by atomic mass is 10.4. The topological polar surface area (TPSA) is 0 Å². The maximum absolute atomic E-state index is 4.17. The Bertz CT molecular complexity index is 275. The molecule has 0 N–H and O–H groups in total. The van der Waals surface area contributed by atoms with E-state index < -0.39 is 0 Å². The molecule has 0 aliphatic heterocycles. The van der Waals surface area contributed by atoms with Crippen LogP contribution >= 0.6 is 90.2 Å². The largest absolute Gasteiger partial charge is 0.106 e. The summed E-state index contributed by atoms with van der Waals surface area (Å²) in [6.45, 7) is 0. The molecule has 0 saturated carbocycles. The minimum Gasteiger partial charge on any atom is -0.106 e. The molecule has 0 unspecified atom stereocenters. The van der Waals surface area contributed by atoms with Crippen molar-refractivity contribution < 1.29 is 0 Å². The third-order valence-corrected chi connectivity index (χ3v) is 7.80. The second-order valence-corrected chi connectivity index (χ2v) is 6.25. The Labute approximate surface area is 116 Å². The summed E-state index contributed by atoms with van der Waals surface area (Å²) in [4.78, 5) is 1.23. The van der Waals surface area contributed by atoms with E-state index in [0.717, 1.165) is 0 Å². The van der Waals surface area contributed by atoms with Gasteiger partial charge in [-0.3, -0.25) is 0 Å². The summed E-state index contributed by atoms with van der Waals surface area (Å²) < 4.78 is 3.93. The van der Waals surface area contributed by atoms with Gasteiger partial charge in [0, 0.05) is 15.6 Å². The highest BCUT2D eigenvalue weighted by molar-refractivity contribution is 14.1. The standard InChI is InChI=1S/C6H3I3S2/c7-3-1-2-4(11-10)6(9)5(3)8/h1-2,10H. The van der Waals surface area contributed by atoms with Gasteiger partial charge in [-0.15, -0.1) is 11.7 Å². The van der Waals surface area contributed by atoms with Crippen molar-refractivity contribution in [3.8, 4) is 0 Å². The zero-order valence-electron chi connectivity index (χ0n) is 5.14. The van der Waals surface area contributed by atoms with Gasteiger partial charge in [-0.1, -0.05) is 10.8 Å². The Morgan fingerprint density at radius 3 is 2.27 bits per heavy atom. The Balaban J connectivity index is 3.25. The first-order valence-electron chi connectivity index (χ1n) is 2.61. The molecule has 0 heterocycles. The van der Waals surface area contributed by atoms with Crippen LogP contribution in [0.1, 0.15) is 0 Å². The fourth-order valence-corrected chi connectivity index (χ4v) is 4.29. The summed E-state index contributed by atoms with van der Waals surface area (Å²) >= 11 is 11.2. The van der Waals surface area contributed by atoms with Crippen molar-refractivity contribution in [3.63, 3.8) is 0 Å². The van der Waals surface area contributed by atoms with Crippen LogP contribution in [0.3, 0.4) is 0 Å². The first kappa shape index (κ1) is 11.2. The maximum atomic E-state index is 4.17. The Hall–Kier alpha value is 2.11. The molecule has 0 radical (unpaired) electrons. The highest BCUT2D eigenvalue weighted by atomic mass is 127. The molecular weight excluding hydrogens is 517 g/mol. The van der Waals surface area contributed by atoms with E-state index in [9.17, 15) is 0 Å². The summed E-state index contributed by atoms with van der Waals surface area (Å²) in [5.74, 6) is 0. The zero-order chi connectivity index (χ0) is 8.43. The second-order valence-electron chi connectivity index (χ2n) is 1.76. The second kappa shape index (κ2) is 5.11. The summed E-state index contributed by atoms with van der Waals surface area (Å²) in [7, 11) is 1.50. The first-order chi connectivity index (χ1) is 5.16. The molecule has 0 aliphatic carbocycles. The normalized spacial score (nSPS) is 10.2. The van der Waals surface area contributed by atoms with Crippen LogP contribution < -0.4 is 0 Å². The van der Waals surface area contributed by atoms with Gasteiger partial charge >= 0.3 is 0 Å². The summed E-state index contributed by atoms with van der Waals surface area (Å²) in [6.07, 6.45) is 0. The summed E-state index contributed by atoms with van der Waals surface area (Å²) in [5.41, 5.74) is 0. The monoisotopic (exact) mass is 520 g/mol. The molecule has 0 spiro atoms. The Morgan fingerprint density at radius 1 is 1.09 bits per heavy atom. The fourth-order valence-electron chi connectivity index (χ4n) is 0.579. The van der Waals surface area contributed by atoms with Gasteiger partial charge in [0.15, 0.2) is 0 Å². The molecule has 0 aliphatic rings. The van der Waals surface area contributed by atoms with Crippen molar-refractivity contribution in [3.05, 3.63) is 22.8 Å². The average Bonchev–Trinajstić information content (AvgIpc) is 2.01. The lowest BCUT2D eigenvalue weighted by molar-refractivity contribution is 1.35. The van der Waals surface area contributed by atoms with Crippen molar-refractivity contribution in [2.45, 2.75) is 4.90 Å². The SMILES string of the molecule is SSc1ccc(I)c(I)c1I. The number of hydrogen-bond donors (Lipinski definition) is 1. The van der Waals surface area contributed by atoms with Crippen LogP contribution in [0.15, 0.2) is 17.0 Å². The van der Waals surface area contributed by atoms with Gasteiger partial charge < -0.3 is 0 Å². The predicted molar refractivity (Wildman–Crippen MR) is 79.4 cm³/mol. The van der Waals surface area contributed by atoms with Crippen LogP contribution in [-0.2, 0) is 0 Å². The van der Waals surface area contributed by atoms with Gasteiger partial charge in [0.1, 0.15) is 0 Å². The third-order valence-electron chi connectivity index (χ3n) is 1.10. The van der Waals surface area contributed by atoms with E-state index in [1.807, 2.05) is 0 Å². The molecule has 11 heavy (non-hydrogen) atoms. The highest BCUT2D eigenvalue weighted by Crippen LogP contribution is 2.32. The van der Waals surface area contributed by atoms with Crippen LogP contribution in [0, 0.1) is 10.7 Å². The molecule has 5 heteroatoms. The zero-order valence-corrected chi connectivity index (χ0v) is 13.3. The molecule has 0 fully saturated rings. The summed E-state index contributed by atoms with van der Waals surface area (Å²) in [5, 5.41) is 0. The number of hydrogen-bond acceptors (Lipinski definition) is 2. The van der Waals surface area contributed by atoms with Crippen LogP contribution in [0.4, 0.5) is 0 Å².